The molecule has 0 saturated heterocycles. The maximum Gasteiger partial charge on any atom is 0.101 e. The number of rotatable bonds is 2. The number of aromatic nitrogens is 1. The number of hydrogen-bond donors (Lipinski definition) is 0. The summed E-state index contributed by atoms with van der Waals surface area (Å²) in [6.45, 7) is 0. The highest BCUT2D eigenvalue weighted by Crippen LogP contribution is 2.20. The van der Waals surface area contributed by atoms with Gasteiger partial charge in [-0.2, -0.15) is 5.26 Å². The Bertz CT molecular complexity index is 811. The van der Waals surface area contributed by atoms with E-state index in [9.17, 15) is 5.26 Å². The van der Waals surface area contributed by atoms with Crippen LogP contribution < -0.4 is 0 Å². The molecule has 1 heterocycles. The molecule has 0 saturated carbocycles. The Hall–Kier alpha value is -2.92. The number of nitrogens with zero attached hydrogens (tertiary/aromatic N) is 2. The van der Waals surface area contributed by atoms with Gasteiger partial charge in [-0.3, -0.25) is 4.98 Å². The Morgan fingerprint density at radius 2 is 1.65 bits per heavy atom. The van der Waals surface area contributed by atoms with Crippen molar-refractivity contribution in [3.8, 4) is 6.07 Å². The van der Waals surface area contributed by atoms with Gasteiger partial charge in [-0.1, -0.05) is 54.6 Å². The molecule has 0 atom stereocenters. The summed E-state index contributed by atoms with van der Waals surface area (Å²) in [4.78, 5) is 4.38. The fraction of sp³-hybridized carbons (Fsp3) is 0. The number of nitriles is 1. The van der Waals surface area contributed by atoms with Gasteiger partial charge in [0, 0.05) is 11.6 Å². The standard InChI is InChI=1S/C18H12N2/c19-12-17(10-14-6-2-1-3-7-14)18-11-15-8-4-5-9-16(15)13-20-18/h1-11,13H/b17-10+. The molecule has 2 heteroatoms. The second-order valence-electron chi connectivity index (χ2n) is 4.50. The molecule has 0 amide bonds. The average molecular weight is 256 g/mol. The predicted octanol–water partition coefficient (Wildman–Crippen LogP) is 4.30. The van der Waals surface area contributed by atoms with E-state index in [2.05, 4.69) is 11.1 Å². The highest BCUT2D eigenvalue weighted by molar-refractivity contribution is 5.92. The molecular formula is C18H12N2. The second kappa shape index (κ2) is 5.38. The van der Waals surface area contributed by atoms with Gasteiger partial charge in [0.15, 0.2) is 0 Å². The fourth-order valence-electron chi connectivity index (χ4n) is 2.11. The Morgan fingerprint density at radius 3 is 2.40 bits per heavy atom. The SMILES string of the molecule is N#C/C(=C\c1ccccc1)c1cc2ccccc2cn1. The molecule has 1 aromatic heterocycles. The first-order valence-corrected chi connectivity index (χ1v) is 6.39. The summed E-state index contributed by atoms with van der Waals surface area (Å²) in [6, 6.07) is 22.0. The van der Waals surface area contributed by atoms with Gasteiger partial charge in [0.25, 0.3) is 0 Å². The van der Waals surface area contributed by atoms with Gasteiger partial charge in [-0.15, -0.1) is 0 Å². The number of fused-ring (bicyclic) bond motifs is 1. The highest BCUT2D eigenvalue weighted by Gasteiger charge is 2.04. The Morgan fingerprint density at radius 1 is 0.950 bits per heavy atom. The zero-order valence-electron chi connectivity index (χ0n) is 10.8. The van der Waals surface area contributed by atoms with Gasteiger partial charge in [-0.25, -0.2) is 0 Å². The Labute approximate surface area is 117 Å². The van der Waals surface area contributed by atoms with E-state index < -0.39 is 0 Å². The molecule has 0 aliphatic heterocycles. The molecule has 94 valence electrons. The van der Waals surface area contributed by atoms with Crippen LogP contribution in [0.25, 0.3) is 22.4 Å². The van der Waals surface area contributed by atoms with Crippen molar-refractivity contribution in [1.29, 1.82) is 5.26 Å². The zero-order chi connectivity index (χ0) is 13.8. The van der Waals surface area contributed by atoms with E-state index in [4.69, 9.17) is 0 Å². The number of hydrogen-bond acceptors (Lipinski definition) is 2. The van der Waals surface area contributed by atoms with Gasteiger partial charge in [0.05, 0.1) is 11.3 Å². The van der Waals surface area contributed by atoms with E-state index in [-0.39, 0.29) is 0 Å². The molecule has 0 fully saturated rings. The van der Waals surface area contributed by atoms with E-state index in [0.717, 1.165) is 16.3 Å². The fourth-order valence-corrected chi connectivity index (χ4v) is 2.11. The van der Waals surface area contributed by atoms with Gasteiger partial charge in [-0.05, 0) is 23.1 Å². The van der Waals surface area contributed by atoms with Crippen LogP contribution in [0, 0.1) is 11.3 Å². The van der Waals surface area contributed by atoms with Crippen molar-refractivity contribution in [2.45, 2.75) is 0 Å². The lowest BCUT2D eigenvalue weighted by Crippen LogP contribution is -1.88. The number of pyridine rings is 1. The van der Waals surface area contributed by atoms with E-state index in [1.807, 2.05) is 66.7 Å². The molecule has 0 N–H and O–H groups in total. The van der Waals surface area contributed by atoms with Crippen molar-refractivity contribution in [1.82, 2.24) is 4.98 Å². The minimum atomic E-state index is 0.571. The molecule has 3 rings (SSSR count). The molecule has 2 nitrogen and oxygen atoms in total. The first-order chi connectivity index (χ1) is 9.86. The molecule has 0 bridgehead atoms. The minimum absolute atomic E-state index is 0.571. The lowest BCUT2D eigenvalue weighted by Gasteiger charge is -2.02. The monoisotopic (exact) mass is 256 g/mol. The van der Waals surface area contributed by atoms with Crippen LogP contribution in [0.3, 0.4) is 0 Å². The van der Waals surface area contributed by atoms with Crippen LogP contribution in [0.5, 0.6) is 0 Å². The summed E-state index contributed by atoms with van der Waals surface area (Å²) in [7, 11) is 0. The van der Waals surface area contributed by atoms with Crippen LogP contribution >= 0.6 is 0 Å². The predicted molar refractivity (Wildman–Crippen MR) is 81.7 cm³/mol. The summed E-state index contributed by atoms with van der Waals surface area (Å²) < 4.78 is 0. The van der Waals surface area contributed by atoms with Crippen molar-refractivity contribution >= 4 is 22.4 Å². The molecule has 0 aliphatic carbocycles. The van der Waals surface area contributed by atoms with Crippen molar-refractivity contribution in [3.63, 3.8) is 0 Å². The van der Waals surface area contributed by atoms with Crippen LogP contribution in [-0.2, 0) is 0 Å². The summed E-state index contributed by atoms with van der Waals surface area (Å²) in [5, 5.41) is 11.5. The van der Waals surface area contributed by atoms with E-state index in [1.165, 1.54) is 0 Å². The highest BCUT2D eigenvalue weighted by atomic mass is 14.7. The smallest absolute Gasteiger partial charge is 0.101 e. The summed E-state index contributed by atoms with van der Waals surface area (Å²) >= 11 is 0. The van der Waals surface area contributed by atoms with Crippen molar-refractivity contribution in [2.24, 2.45) is 0 Å². The Balaban J connectivity index is 2.08. The molecule has 20 heavy (non-hydrogen) atoms. The third kappa shape index (κ3) is 2.43. The normalized spacial score (nSPS) is 11.2. The average Bonchev–Trinajstić information content (AvgIpc) is 2.53. The maximum atomic E-state index is 9.35. The quantitative estimate of drug-likeness (QED) is 0.641. The lowest BCUT2D eigenvalue weighted by molar-refractivity contribution is 1.31. The summed E-state index contributed by atoms with van der Waals surface area (Å²) in [6.07, 6.45) is 3.66. The molecule has 0 aliphatic rings. The van der Waals surface area contributed by atoms with Crippen LogP contribution in [-0.4, -0.2) is 4.98 Å². The van der Waals surface area contributed by atoms with Crippen molar-refractivity contribution in [3.05, 3.63) is 78.1 Å². The van der Waals surface area contributed by atoms with Crippen molar-refractivity contribution < 1.29 is 0 Å². The first-order valence-electron chi connectivity index (χ1n) is 6.39. The Kier molecular flexibility index (Phi) is 3.26. The van der Waals surface area contributed by atoms with E-state index in [1.54, 1.807) is 6.20 Å². The largest absolute Gasteiger partial charge is 0.255 e. The molecule has 0 spiro atoms. The van der Waals surface area contributed by atoms with Gasteiger partial charge in [0.2, 0.25) is 0 Å². The van der Waals surface area contributed by atoms with E-state index in [0.29, 0.717) is 11.3 Å². The molecule has 3 aromatic rings. The van der Waals surface area contributed by atoms with Crippen LogP contribution in [0.2, 0.25) is 0 Å². The first kappa shape index (κ1) is 12.1. The van der Waals surface area contributed by atoms with Crippen LogP contribution in [0.15, 0.2) is 66.9 Å². The summed E-state index contributed by atoms with van der Waals surface area (Å²) in [5.41, 5.74) is 2.27. The molecule has 2 aromatic carbocycles. The lowest BCUT2D eigenvalue weighted by atomic mass is 10.1. The zero-order valence-corrected chi connectivity index (χ0v) is 10.8. The van der Waals surface area contributed by atoms with E-state index >= 15 is 0 Å². The van der Waals surface area contributed by atoms with Crippen LogP contribution in [0.1, 0.15) is 11.3 Å². The third-order valence-electron chi connectivity index (χ3n) is 3.14. The molecular weight excluding hydrogens is 244 g/mol. The molecule has 0 radical (unpaired) electrons. The topological polar surface area (TPSA) is 36.7 Å². The van der Waals surface area contributed by atoms with Crippen molar-refractivity contribution in [2.75, 3.05) is 0 Å². The second-order valence-corrected chi connectivity index (χ2v) is 4.50. The van der Waals surface area contributed by atoms with Gasteiger partial charge >= 0.3 is 0 Å². The minimum Gasteiger partial charge on any atom is -0.255 e. The number of allylic oxidation sites excluding steroid dienone is 1. The molecule has 0 unspecified atom stereocenters. The third-order valence-corrected chi connectivity index (χ3v) is 3.14. The van der Waals surface area contributed by atoms with Gasteiger partial charge in [0.1, 0.15) is 6.07 Å². The maximum absolute atomic E-state index is 9.35. The number of benzene rings is 2. The van der Waals surface area contributed by atoms with Gasteiger partial charge < -0.3 is 0 Å². The summed E-state index contributed by atoms with van der Waals surface area (Å²) in [5.74, 6) is 0. The van der Waals surface area contributed by atoms with Crippen LogP contribution in [0.4, 0.5) is 0 Å².